The predicted molar refractivity (Wildman–Crippen MR) is 108 cm³/mol. The molecule has 1 fully saturated rings. The lowest BCUT2D eigenvalue weighted by molar-refractivity contribution is -0.139. The molecule has 1 saturated heterocycles. The van der Waals surface area contributed by atoms with Gasteiger partial charge in [-0.1, -0.05) is 29.8 Å². The van der Waals surface area contributed by atoms with Crippen LogP contribution in [0.5, 0.6) is 0 Å². The third-order valence-electron chi connectivity index (χ3n) is 5.45. The number of piperazine rings is 1. The zero-order valence-corrected chi connectivity index (χ0v) is 17.2. The lowest BCUT2D eigenvalue weighted by Crippen LogP contribution is -2.51. The summed E-state index contributed by atoms with van der Waals surface area (Å²) in [6, 6.07) is 7.18. The van der Waals surface area contributed by atoms with Crippen LogP contribution < -0.4 is 5.32 Å². The molecule has 1 aromatic carbocycles. The number of nitrogens with zero attached hydrogens (tertiary/aromatic N) is 3. The van der Waals surface area contributed by atoms with Crippen molar-refractivity contribution < 1.29 is 14.3 Å². The third kappa shape index (κ3) is 4.36. The first kappa shape index (κ1) is 20.4. The Morgan fingerprint density at radius 2 is 1.79 bits per heavy atom. The number of carbonyl (C=O) groups excluding carboxylic acids is 2. The van der Waals surface area contributed by atoms with Crippen molar-refractivity contribution in [2.45, 2.75) is 19.9 Å². The molecule has 1 N–H and O–H groups in total. The first-order valence-corrected chi connectivity index (χ1v) is 9.82. The van der Waals surface area contributed by atoms with Crippen LogP contribution in [0.3, 0.4) is 0 Å². The lowest BCUT2D eigenvalue weighted by atomic mass is 9.93. The quantitative estimate of drug-likeness (QED) is 0.781. The second-order valence-corrected chi connectivity index (χ2v) is 7.51. The fourth-order valence-corrected chi connectivity index (χ4v) is 3.62. The highest BCUT2D eigenvalue weighted by Gasteiger charge is 2.37. The van der Waals surface area contributed by atoms with Crippen molar-refractivity contribution in [1.82, 2.24) is 20.0 Å². The average molecular weight is 386 g/mol. The second-order valence-electron chi connectivity index (χ2n) is 7.51. The number of nitrogens with one attached hydrogen (secondary N) is 1. The topological polar surface area (TPSA) is 65.1 Å². The molecule has 0 aromatic heterocycles. The van der Waals surface area contributed by atoms with E-state index >= 15 is 0 Å². The molecule has 3 rings (SSSR count). The fraction of sp³-hybridized carbons (Fsp3) is 0.524. The van der Waals surface area contributed by atoms with Crippen molar-refractivity contribution in [3.8, 4) is 0 Å². The van der Waals surface area contributed by atoms with E-state index in [-0.39, 0.29) is 12.0 Å². The highest BCUT2D eigenvalue weighted by atomic mass is 16.5. The normalized spacial score (nSPS) is 21.6. The summed E-state index contributed by atoms with van der Waals surface area (Å²) < 4.78 is 5.38. The Balaban J connectivity index is 2.00. The van der Waals surface area contributed by atoms with Crippen LogP contribution in [-0.4, -0.2) is 80.1 Å². The number of aryl methyl sites for hydroxylation is 1. The zero-order valence-electron chi connectivity index (χ0n) is 17.2. The molecule has 1 aromatic rings. The molecule has 28 heavy (non-hydrogen) atoms. The Morgan fingerprint density at radius 1 is 1.14 bits per heavy atom. The van der Waals surface area contributed by atoms with Gasteiger partial charge in [-0.05, 0) is 26.5 Å². The number of likely N-dealkylation sites (N-methyl/N-ethyl adjacent to an activating group) is 2. The van der Waals surface area contributed by atoms with Crippen LogP contribution in [0.15, 0.2) is 35.5 Å². The SMILES string of the molecule is CCOC(=O)C1=C(CN2CCN(C)CC2)N(C)C(=O)NC1c1ccc(C)cc1. The Hall–Kier alpha value is -2.38. The van der Waals surface area contributed by atoms with Crippen LogP contribution in [-0.2, 0) is 9.53 Å². The number of esters is 1. The van der Waals surface area contributed by atoms with Crippen LogP contribution in [0.25, 0.3) is 0 Å². The summed E-state index contributed by atoms with van der Waals surface area (Å²) in [7, 11) is 3.82. The van der Waals surface area contributed by atoms with E-state index in [9.17, 15) is 9.59 Å². The highest BCUT2D eigenvalue weighted by molar-refractivity contribution is 5.95. The van der Waals surface area contributed by atoms with Gasteiger partial charge in [0.15, 0.2) is 0 Å². The van der Waals surface area contributed by atoms with Gasteiger partial charge in [0, 0.05) is 45.5 Å². The van der Waals surface area contributed by atoms with Gasteiger partial charge in [0.25, 0.3) is 0 Å². The largest absolute Gasteiger partial charge is 0.463 e. The van der Waals surface area contributed by atoms with Crippen molar-refractivity contribution in [3.63, 3.8) is 0 Å². The van der Waals surface area contributed by atoms with Gasteiger partial charge < -0.3 is 15.0 Å². The average Bonchev–Trinajstić information content (AvgIpc) is 2.67. The van der Waals surface area contributed by atoms with E-state index in [0.29, 0.717) is 18.7 Å². The molecular weight excluding hydrogens is 356 g/mol. The minimum Gasteiger partial charge on any atom is -0.463 e. The summed E-state index contributed by atoms with van der Waals surface area (Å²) in [4.78, 5) is 31.7. The minimum atomic E-state index is -0.509. The molecule has 0 bridgehead atoms. The number of urea groups is 1. The van der Waals surface area contributed by atoms with E-state index in [2.05, 4.69) is 22.2 Å². The molecular formula is C21H30N4O3. The van der Waals surface area contributed by atoms with Crippen molar-refractivity contribution >= 4 is 12.0 Å². The van der Waals surface area contributed by atoms with Gasteiger partial charge >= 0.3 is 12.0 Å². The van der Waals surface area contributed by atoms with E-state index in [1.54, 1.807) is 18.9 Å². The number of benzene rings is 1. The number of rotatable bonds is 5. The molecule has 2 aliphatic heterocycles. The van der Waals surface area contributed by atoms with Gasteiger partial charge in [-0.2, -0.15) is 0 Å². The predicted octanol–water partition coefficient (Wildman–Crippen LogP) is 1.76. The molecule has 0 saturated carbocycles. The molecule has 1 atom stereocenters. The first-order chi connectivity index (χ1) is 13.4. The van der Waals surface area contributed by atoms with Crippen LogP contribution in [0.1, 0.15) is 24.1 Å². The maximum Gasteiger partial charge on any atom is 0.338 e. The fourth-order valence-electron chi connectivity index (χ4n) is 3.62. The summed E-state index contributed by atoms with van der Waals surface area (Å²) >= 11 is 0. The molecule has 2 amide bonds. The van der Waals surface area contributed by atoms with Gasteiger partial charge in [-0.15, -0.1) is 0 Å². The van der Waals surface area contributed by atoms with Crippen molar-refractivity contribution in [1.29, 1.82) is 0 Å². The van der Waals surface area contributed by atoms with Gasteiger partial charge in [0.05, 0.1) is 18.2 Å². The lowest BCUT2D eigenvalue weighted by Gasteiger charge is -2.38. The number of amides is 2. The molecule has 2 heterocycles. The summed E-state index contributed by atoms with van der Waals surface area (Å²) in [5.74, 6) is -0.371. The Morgan fingerprint density at radius 3 is 2.39 bits per heavy atom. The minimum absolute atomic E-state index is 0.206. The summed E-state index contributed by atoms with van der Waals surface area (Å²) in [5, 5.41) is 2.97. The van der Waals surface area contributed by atoms with Gasteiger partial charge in [0.2, 0.25) is 0 Å². The van der Waals surface area contributed by atoms with Crippen LogP contribution >= 0.6 is 0 Å². The number of ether oxygens (including phenoxy) is 1. The highest BCUT2D eigenvalue weighted by Crippen LogP contribution is 2.31. The van der Waals surface area contributed by atoms with Crippen molar-refractivity contribution in [2.24, 2.45) is 0 Å². The maximum atomic E-state index is 12.9. The number of hydrogen-bond acceptors (Lipinski definition) is 5. The molecule has 152 valence electrons. The van der Waals surface area contributed by atoms with Crippen LogP contribution in [0.2, 0.25) is 0 Å². The zero-order chi connectivity index (χ0) is 20.3. The van der Waals surface area contributed by atoms with Gasteiger partial charge in [-0.25, -0.2) is 9.59 Å². The maximum absolute atomic E-state index is 12.9. The number of hydrogen-bond donors (Lipinski definition) is 1. The summed E-state index contributed by atoms with van der Waals surface area (Å²) in [6.45, 7) is 8.40. The van der Waals surface area contributed by atoms with E-state index in [1.807, 2.05) is 31.2 Å². The van der Waals surface area contributed by atoms with Crippen molar-refractivity contribution in [3.05, 3.63) is 46.7 Å². The molecule has 7 nitrogen and oxygen atoms in total. The number of carbonyl (C=O) groups is 2. The smallest absolute Gasteiger partial charge is 0.338 e. The second kappa shape index (κ2) is 8.75. The summed E-state index contributed by atoms with van der Waals surface area (Å²) in [5.41, 5.74) is 3.25. The van der Waals surface area contributed by atoms with Gasteiger partial charge in [-0.3, -0.25) is 9.80 Å². The molecule has 0 aliphatic carbocycles. The molecule has 0 radical (unpaired) electrons. The summed E-state index contributed by atoms with van der Waals surface area (Å²) in [6.07, 6.45) is 0. The Labute approximate surface area is 166 Å². The van der Waals surface area contributed by atoms with E-state index in [1.165, 1.54) is 0 Å². The van der Waals surface area contributed by atoms with Crippen LogP contribution in [0, 0.1) is 6.92 Å². The van der Waals surface area contributed by atoms with Gasteiger partial charge in [0.1, 0.15) is 0 Å². The monoisotopic (exact) mass is 386 g/mol. The first-order valence-electron chi connectivity index (χ1n) is 9.82. The van der Waals surface area contributed by atoms with E-state index in [4.69, 9.17) is 4.74 Å². The van der Waals surface area contributed by atoms with E-state index < -0.39 is 6.04 Å². The standard InChI is InChI=1S/C21H30N4O3/c1-5-28-20(26)18-17(14-25-12-10-23(3)11-13-25)24(4)21(27)22-19(18)16-8-6-15(2)7-9-16/h6-9,19H,5,10-14H2,1-4H3,(H,22,27). The van der Waals surface area contributed by atoms with E-state index in [0.717, 1.165) is 43.0 Å². The Kier molecular flexibility index (Phi) is 6.36. The molecule has 1 unspecified atom stereocenters. The van der Waals surface area contributed by atoms with Crippen LogP contribution in [0.4, 0.5) is 4.79 Å². The molecule has 0 spiro atoms. The molecule has 2 aliphatic rings. The Bertz CT molecular complexity index is 751. The third-order valence-corrected chi connectivity index (χ3v) is 5.45. The molecule has 7 heteroatoms. The van der Waals surface area contributed by atoms with Crippen molar-refractivity contribution in [2.75, 3.05) is 53.4 Å².